The third kappa shape index (κ3) is 6.55. The minimum atomic E-state index is -3.46. The van der Waals surface area contributed by atoms with E-state index >= 15 is 0 Å². The van der Waals surface area contributed by atoms with Gasteiger partial charge in [-0.2, -0.15) is 0 Å². The maximum atomic E-state index is 12.7. The monoisotopic (exact) mass is 423 g/mol. The first kappa shape index (κ1) is 23.5. The molecule has 0 spiro atoms. The SMILES string of the molecule is COP(=O)(CC(=O)C[C@](C)(N[S@@](=O)C(C)(C)C)c1ccc(Cl)cc1)OC. The number of carbonyl (C=O) groups is 1. The summed E-state index contributed by atoms with van der Waals surface area (Å²) in [4.78, 5) is 12.6. The fourth-order valence-electron chi connectivity index (χ4n) is 2.24. The third-order valence-corrected chi connectivity index (χ3v) is 7.69. The molecule has 1 rings (SSSR count). The quantitative estimate of drug-likeness (QED) is 0.606. The lowest BCUT2D eigenvalue weighted by Gasteiger charge is -2.33. The number of rotatable bonds is 9. The molecule has 0 radical (unpaired) electrons. The van der Waals surface area contributed by atoms with Gasteiger partial charge in [0.05, 0.1) is 21.3 Å². The number of halogens is 1. The van der Waals surface area contributed by atoms with Crippen LogP contribution in [0.1, 0.15) is 39.7 Å². The van der Waals surface area contributed by atoms with Crippen LogP contribution in [0.2, 0.25) is 5.02 Å². The highest BCUT2D eigenvalue weighted by atomic mass is 35.5. The van der Waals surface area contributed by atoms with Gasteiger partial charge in [-0.3, -0.25) is 9.36 Å². The van der Waals surface area contributed by atoms with Crippen molar-refractivity contribution >= 4 is 36.0 Å². The summed E-state index contributed by atoms with van der Waals surface area (Å²) in [5.74, 6) is -0.326. The molecule has 0 unspecified atom stereocenters. The molecule has 0 aliphatic rings. The van der Waals surface area contributed by atoms with Gasteiger partial charge in [0, 0.05) is 25.7 Å². The molecule has 9 heteroatoms. The molecule has 1 aromatic carbocycles. The van der Waals surface area contributed by atoms with Gasteiger partial charge in [0.25, 0.3) is 0 Å². The zero-order chi connectivity index (χ0) is 20.2. The molecule has 6 nitrogen and oxygen atoms in total. The lowest BCUT2D eigenvalue weighted by molar-refractivity contribution is -0.118. The molecular weight excluding hydrogens is 397 g/mol. The molecule has 1 aromatic rings. The van der Waals surface area contributed by atoms with Crippen LogP contribution in [0.25, 0.3) is 0 Å². The summed E-state index contributed by atoms with van der Waals surface area (Å²) >= 11 is 5.95. The van der Waals surface area contributed by atoms with Gasteiger partial charge in [0.1, 0.15) is 11.9 Å². The van der Waals surface area contributed by atoms with Gasteiger partial charge in [-0.05, 0) is 45.4 Å². The van der Waals surface area contributed by atoms with Crippen LogP contribution in [0, 0.1) is 0 Å². The lowest BCUT2D eigenvalue weighted by Crippen LogP contribution is -2.47. The number of nitrogens with one attached hydrogen (secondary N) is 1. The summed E-state index contributed by atoms with van der Waals surface area (Å²) < 4.78 is 37.1. The van der Waals surface area contributed by atoms with E-state index in [1.165, 1.54) is 14.2 Å². The average molecular weight is 424 g/mol. The van der Waals surface area contributed by atoms with Crippen molar-refractivity contribution in [1.29, 1.82) is 0 Å². The van der Waals surface area contributed by atoms with Crippen molar-refractivity contribution in [3.63, 3.8) is 0 Å². The minimum Gasteiger partial charge on any atom is -0.312 e. The molecular formula is C17H27ClNO5PS. The van der Waals surface area contributed by atoms with Crippen LogP contribution in [0.4, 0.5) is 0 Å². The maximum absolute atomic E-state index is 12.7. The van der Waals surface area contributed by atoms with Crippen molar-refractivity contribution in [3.05, 3.63) is 34.9 Å². The molecule has 0 amide bonds. The van der Waals surface area contributed by atoms with Gasteiger partial charge >= 0.3 is 7.60 Å². The van der Waals surface area contributed by atoms with E-state index in [2.05, 4.69) is 4.72 Å². The number of Topliss-reactive ketones (excluding diaryl/α,β-unsaturated/α-hetero) is 1. The molecule has 148 valence electrons. The third-order valence-electron chi connectivity index (χ3n) is 3.83. The molecule has 1 N–H and O–H groups in total. The standard InChI is InChI=1S/C17H27ClNO5PS/c1-16(2,3)26(22)19-17(4,13-7-9-14(18)10-8-13)11-15(20)12-25(21,23-5)24-6/h7-10,19H,11-12H2,1-6H3/t17-,26-/m0/s1. The van der Waals surface area contributed by atoms with Gasteiger partial charge in [-0.15, -0.1) is 0 Å². The second-order valence-corrected chi connectivity index (χ2v) is 11.8. The first-order chi connectivity index (χ1) is 11.8. The first-order valence-corrected chi connectivity index (χ1v) is 11.3. The zero-order valence-corrected chi connectivity index (χ0v) is 18.5. The Morgan fingerprint density at radius 1 is 1.15 bits per heavy atom. The molecule has 0 heterocycles. The van der Waals surface area contributed by atoms with Gasteiger partial charge in [0.2, 0.25) is 0 Å². The maximum Gasteiger partial charge on any atom is 0.337 e. The summed E-state index contributed by atoms with van der Waals surface area (Å²) in [6.07, 6.45) is -0.389. The van der Waals surface area contributed by atoms with Crippen LogP contribution < -0.4 is 4.72 Å². The normalized spacial score (nSPS) is 16.1. The van der Waals surface area contributed by atoms with Gasteiger partial charge in [-0.1, -0.05) is 23.7 Å². The van der Waals surface area contributed by atoms with Crippen molar-refractivity contribution in [2.45, 2.75) is 44.4 Å². The summed E-state index contributed by atoms with van der Waals surface area (Å²) in [5.41, 5.74) is -0.191. The van der Waals surface area contributed by atoms with E-state index in [0.29, 0.717) is 5.02 Å². The second kappa shape index (κ2) is 9.09. The van der Waals surface area contributed by atoms with Crippen molar-refractivity contribution in [2.24, 2.45) is 0 Å². The van der Waals surface area contributed by atoms with Crippen LogP contribution in [-0.4, -0.2) is 35.1 Å². The molecule has 0 aromatic heterocycles. The highest BCUT2D eigenvalue weighted by molar-refractivity contribution is 7.84. The second-order valence-electron chi connectivity index (χ2n) is 7.17. The first-order valence-electron chi connectivity index (χ1n) is 8.03. The molecule has 0 saturated heterocycles. The molecule has 0 aliphatic heterocycles. The van der Waals surface area contributed by atoms with Crippen LogP contribution >= 0.6 is 19.2 Å². The number of carbonyl (C=O) groups excluding carboxylic acids is 1. The number of hydrogen-bond acceptors (Lipinski definition) is 5. The van der Waals surface area contributed by atoms with Crippen LogP contribution in [0.3, 0.4) is 0 Å². The van der Waals surface area contributed by atoms with Crippen molar-refractivity contribution in [1.82, 2.24) is 4.72 Å². The van der Waals surface area contributed by atoms with E-state index in [-0.39, 0.29) is 18.4 Å². The Hall–Kier alpha value is -0.560. The topological polar surface area (TPSA) is 81.7 Å². The summed E-state index contributed by atoms with van der Waals surface area (Å²) in [7, 11) is -2.41. The van der Waals surface area contributed by atoms with E-state index in [0.717, 1.165) is 5.56 Å². The van der Waals surface area contributed by atoms with E-state index < -0.39 is 28.9 Å². The lowest BCUT2D eigenvalue weighted by atomic mass is 9.88. The summed E-state index contributed by atoms with van der Waals surface area (Å²) in [5, 5.41) is 0.558. The molecule has 0 saturated carbocycles. The van der Waals surface area contributed by atoms with Gasteiger partial charge in [0.15, 0.2) is 0 Å². The highest BCUT2D eigenvalue weighted by Crippen LogP contribution is 2.46. The molecule has 2 atom stereocenters. The fraction of sp³-hybridized carbons (Fsp3) is 0.588. The van der Waals surface area contributed by atoms with Gasteiger partial charge < -0.3 is 9.05 Å². The summed E-state index contributed by atoms with van der Waals surface area (Å²) in [6.45, 7) is 7.29. The van der Waals surface area contributed by atoms with Crippen LogP contribution in [0.15, 0.2) is 24.3 Å². The average Bonchev–Trinajstić information content (AvgIpc) is 2.53. The zero-order valence-electron chi connectivity index (χ0n) is 16.0. The summed E-state index contributed by atoms with van der Waals surface area (Å²) in [6, 6.07) is 6.95. The molecule has 0 fully saturated rings. The Morgan fingerprint density at radius 2 is 1.65 bits per heavy atom. The Bertz CT molecular complexity index is 696. The van der Waals surface area contributed by atoms with Crippen molar-refractivity contribution < 1.29 is 22.6 Å². The Kier molecular flexibility index (Phi) is 8.21. The van der Waals surface area contributed by atoms with Crippen molar-refractivity contribution in [3.8, 4) is 0 Å². The number of benzene rings is 1. The van der Waals surface area contributed by atoms with Crippen LogP contribution in [0.5, 0.6) is 0 Å². The number of hydrogen-bond donors (Lipinski definition) is 1. The van der Waals surface area contributed by atoms with Crippen molar-refractivity contribution in [2.75, 3.05) is 20.4 Å². The Balaban J connectivity index is 3.16. The van der Waals surface area contributed by atoms with E-state index in [9.17, 15) is 13.6 Å². The number of ketones is 1. The van der Waals surface area contributed by atoms with Crippen LogP contribution in [-0.2, 0) is 34.9 Å². The Morgan fingerprint density at radius 3 is 2.08 bits per heavy atom. The predicted octanol–water partition coefficient (Wildman–Crippen LogP) is 4.05. The molecule has 26 heavy (non-hydrogen) atoms. The highest BCUT2D eigenvalue weighted by Gasteiger charge is 2.36. The molecule has 0 aliphatic carbocycles. The van der Waals surface area contributed by atoms with Gasteiger partial charge in [-0.25, -0.2) is 8.93 Å². The Labute approximate surface area is 163 Å². The van der Waals surface area contributed by atoms with E-state index in [1.54, 1.807) is 31.2 Å². The minimum absolute atomic E-state index is 0.0346. The largest absolute Gasteiger partial charge is 0.337 e. The van der Waals surface area contributed by atoms with E-state index in [4.69, 9.17) is 20.6 Å². The fourth-order valence-corrected chi connectivity index (χ4v) is 4.22. The molecule has 0 bridgehead atoms. The smallest absolute Gasteiger partial charge is 0.312 e. The van der Waals surface area contributed by atoms with E-state index in [1.807, 2.05) is 20.8 Å². The predicted molar refractivity (Wildman–Crippen MR) is 106 cm³/mol.